The Labute approximate surface area is 140 Å². The van der Waals surface area contributed by atoms with Crippen molar-refractivity contribution in [3.8, 4) is 0 Å². The van der Waals surface area contributed by atoms with E-state index in [-0.39, 0.29) is 12.1 Å². The van der Waals surface area contributed by atoms with Crippen molar-refractivity contribution < 1.29 is 4.79 Å². The van der Waals surface area contributed by atoms with Gasteiger partial charge in [0.1, 0.15) is 5.82 Å². The summed E-state index contributed by atoms with van der Waals surface area (Å²) in [6.07, 6.45) is 8.39. The first-order valence-corrected chi connectivity index (χ1v) is 8.22. The molecule has 0 saturated carbocycles. The van der Waals surface area contributed by atoms with Gasteiger partial charge in [0.25, 0.3) is 0 Å². The number of rotatable bonds is 3. The van der Waals surface area contributed by atoms with Crippen LogP contribution in [0.5, 0.6) is 0 Å². The van der Waals surface area contributed by atoms with E-state index in [4.69, 9.17) is 0 Å². The molecule has 2 fully saturated rings. The van der Waals surface area contributed by atoms with E-state index >= 15 is 0 Å². The van der Waals surface area contributed by atoms with E-state index in [0.717, 1.165) is 49.8 Å². The Hall–Kier alpha value is -2.64. The number of nitrogens with zero attached hydrogens (tertiary/aromatic N) is 7. The Balaban J connectivity index is 1.46. The van der Waals surface area contributed by atoms with Gasteiger partial charge in [-0.05, 0) is 13.3 Å². The molecule has 0 aromatic carbocycles. The summed E-state index contributed by atoms with van der Waals surface area (Å²) in [5.41, 5.74) is 1.80. The number of hydrogen-bond donors (Lipinski definition) is 0. The molecule has 24 heavy (non-hydrogen) atoms. The predicted octanol–water partition coefficient (Wildman–Crippen LogP) is 1.30. The Kier molecular flexibility index (Phi) is 3.59. The van der Waals surface area contributed by atoms with Crippen LogP contribution < -0.4 is 9.80 Å². The smallest absolute Gasteiger partial charge is 0.324 e. The summed E-state index contributed by atoms with van der Waals surface area (Å²) in [6.45, 7) is 5.20. The average molecular weight is 327 g/mol. The van der Waals surface area contributed by atoms with Crippen LogP contribution in [0, 0.1) is 6.92 Å². The molecule has 1 atom stereocenters. The highest BCUT2D eigenvalue weighted by Gasteiger charge is 2.30. The summed E-state index contributed by atoms with van der Waals surface area (Å²) < 4.78 is 1.97. The molecule has 126 valence electrons. The van der Waals surface area contributed by atoms with E-state index in [1.165, 1.54) is 0 Å². The third-order valence-corrected chi connectivity index (χ3v) is 4.74. The van der Waals surface area contributed by atoms with Crippen LogP contribution in [0.25, 0.3) is 0 Å². The highest BCUT2D eigenvalue weighted by atomic mass is 16.2. The minimum atomic E-state index is 0.0394. The zero-order valence-corrected chi connectivity index (χ0v) is 14.0. The summed E-state index contributed by atoms with van der Waals surface area (Å²) in [5, 5.41) is 4.49. The van der Waals surface area contributed by atoms with Crippen LogP contribution in [0.15, 0.2) is 24.8 Å². The van der Waals surface area contributed by atoms with Gasteiger partial charge in [-0.25, -0.2) is 9.78 Å². The SMILES string of the molecule is Cc1cnc(N2CCC(n3cc(N4CCN(C)C4=O)cn3)C2)cn1. The van der Waals surface area contributed by atoms with Crippen molar-refractivity contribution in [2.24, 2.45) is 0 Å². The molecule has 8 heteroatoms. The van der Waals surface area contributed by atoms with Crippen molar-refractivity contribution in [2.45, 2.75) is 19.4 Å². The summed E-state index contributed by atoms with van der Waals surface area (Å²) >= 11 is 0. The van der Waals surface area contributed by atoms with E-state index in [1.54, 1.807) is 22.2 Å². The Bertz CT molecular complexity index is 741. The van der Waals surface area contributed by atoms with Gasteiger partial charge in [0.15, 0.2) is 0 Å². The van der Waals surface area contributed by atoms with Gasteiger partial charge >= 0.3 is 6.03 Å². The minimum absolute atomic E-state index is 0.0394. The maximum Gasteiger partial charge on any atom is 0.324 e. The normalized spacial score (nSPS) is 21.2. The van der Waals surface area contributed by atoms with E-state index < -0.39 is 0 Å². The quantitative estimate of drug-likeness (QED) is 0.850. The van der Waals surface area contributed by atoms with Crippen molar-refractivity contribution in [1.82, 2.24) is 24.6 Å². The van der Waals surface area contributed by atoms with Crippen molar-refractivity contribution in [1.29, 1.82) is 0 Å². The van der Waals surface area contributed by atoms with Crippen LogP contribution in [-0.2, 0) is 0 Å². The third-order valence-electron chi connectivity index (χ3n) is 4.74. The van der Waals surface area contributed by atoms with Gasteiger partial charge in [-0.1, -0.05) is 0 Å². The standard InChI is InChI=1S/C16H21N7O/c1-12-7-18-15(9-17-12)21-4-3-13(10-21)23-11-14(8-19-23)22-6-5-20(2)16(22)24/h7-9,11,13H,3-6,10H2,1-2H3. The second-order valence-corrected chi connectivity index (χ2v) is 6.44. The number of amides is 2. The molecule has 0 aliphatic carbocycles. The Morgan fingerprint density at radius 1 is 1.12 bits per heavy atom. The average Bonchev–Trinajstić information content (AvgIpc) is 3.29. The fourth-order valence-corrected chi connectivity index (χ4v) is 3.27. The lowest BCUT2D eigenvalue weighted by molar-refractivity contribution is 0.229. The van der Waals surface area contributed by atoms with Gasteiger partial charge in [-0.15, -0.1) is 0 Å². The first kappa shape index (κ1) is 14.9. The Morgan fingerprint density at radius 3 is 2.71 bits per heavy atom. The van der Waals surface area contributed by atoms with Crippen LogP contribution in [0.4, 0.5) is 16.3 Å². The number of carbonyl (C=O) groups excluding carboxylic acids is 1. The molecule has 0 radical (unpaired) electrons. The molecule has 2 aromatic rings. The van der Waals surface area contributed by atoms with E-state index in [9.17, 15) is 4.79 Å². The molecular formula is C16H21N7O. The van der Waals surface area contributed by atoms with Gasteiger partial charge in [0.2, 0.25) is 0 Å². The highest BCUT2D eigenvalue weighted by molar-refractivity contribution is 5.93. The van der Waals surface area contributed by atoms with Crippen LogP contribution in [0.1, 0.15) is 18.2 Å². The highest BCUT2D eigenvalue weighted by Crippen LogP contribution is 2.27. The molecule has 8 nitrogen and oxygen atoms in total. The van der Waals surface area contributed by atoms with Gasteiger partial charge in [-0.2, -0.15) is 5.10 Å². The van der Waals surface area contributed by atoms with Gasteiger partial charge in [-0.3, -0.25) is 14.6 Å². The number of hydrogen-bond acceptors (Lipinski definition) is 5. The number of aromatic nitrogens is 4. The summed E-state index contributed by atoms with van der Waals surface area (Å²) in [7, 11) is 1.82. The second-order valence-electron chi connectivity index (χ2n) is 6.44. The van der Waals surface area contributed by atoms with Crippen molar-refractivity contribution >= 4 is 17.5 Å². The molecule has 4 heterocycles. The predicted molar refractivity (Wildman–Crippen MR) is 90.2 cm³/mol. The molecule has 0 spiro atoms. The molecule has 2 aliphatic rings. The molecule has 1 unspecified atom stereocenters. The fraction of sp³-hybridized carbons (Fsp3) is 0.500. The van der Waals surface area contributed by atoms with Gasteiger partial charge in [0, 0.05) is 39.4 Å². The van der Waals surface area contributed by atoms with Crippen molar-refractivity contribution in [2.75, 3.05) is 43.0 Å². The number of aryl methyl sites for hydroxylation is 1. The fourth-order valence-electron chi connectivity index (χ4n) is 3.27. The van der Waals surface area contributed by atoms with E-state index in [0.29, 0.717) is 0 Å². The maximum atomic E-state index is 12.1. The van der Waals surface area contributed by atoms with Gasteiger partial charge < -0.3 is 9.80 Å². The lowest BCUT2D eigenvalue weighted by Gasteiger charge is -2.17. The Morgan fingerprint density at radius 2 is 2.00 bits per heavy atom. The first-order valence-electron chi connectivity index (χ1n) is 8.22. The summed E-state index contributed by atoms with van der Waals surface area (Å²) in [6, 6.07) is 0.329. The van der Waals surface area contributed by atoms with Crippen LogP contribution in [-0.4, -0.2) is 63.9 Å². The van der Waals surface area contributed by atoms with E-state index in [2.05, 4.69) is 20.0 Å². The van der Waals surface area contributed by atoms with Crippen molar-refractivity contribution in [3.63, 3.8) is 0 Å². The van der Waals surface area contributed by atoms with E-state index in [1.807, 2.05) is 31.0 Å². The number of likely N-dealkylation sites (N-methyl/N-ethyl adjacent to an activating group) is 1. The zero-order valence-electron chi connectivity index (χ0n) is 14.0. The van der Waals surface area contributed by atoms with Crippen molar-refractivity contribution in [3.05, 3.63) is 30.5 Å². The second kappa shape index (κ2) is 5.77. The summed E-state index contributed by atoms with van der Waals surface area (Å²) in [5.74, 6) is 0.909. The van der Waals surface area contributed by atoms with Crippen LogP contribution >= 0.6 is 0 Å². The monoisotopic (exact) mass is 327 g/mol. The minimum Gasteiger partial charge on any atom is -0.353 e. The molecule has 2 aromatic heterocycles. The molecule has 0 bridgehead atoms. The number of urea groups is 1. The molecule has 2 saturated heterocycles. The molecule has 2 amide bonds. The molecule has 0 N–H and O–H groups in total. The van der Waals surface area contributed by atoms with Crippen LogP contribution in [0.3, 0.4) is 0 Å². The largest absolute Gasteiger partial charge is 0.353 e. The molecular weight excluding hydrogens is 306 g/mol. The zero-order chi connectivity index (χ0) is 16.7. The molecule has 4 rings (SSSR count). The summed E-state index contributed by atoms with van der Waals surface area (Å²) in [4.78, 5) is 26.6. The lowest BCUT2D eigenvalue weighted by atomic mass is 10.3. The maximum absolute atomic E-state index is 12.1. The first-order chi connectivity index (χ1) is 11.6. The lowest BCUT2D eigenvalue weighted by Crippen LogP contribution is -2.28. The van der Waals surface area contributed by atoms with Gasteiger partial charge in [0.05, 0.1) is 36.0 Å². The third kappa shape index (κ3) is 2.57. The topological polar surface area (TPSA) is 70.4 Å². The molecule has 2 aliphatic heterocycles. The van der Waals surface area contributed by atoms with Crippen LogP contribution in [0.2, 0.25) is 0 Å². The number of anilines is 2. The number of carbonyl (C=O) groups is 1.